The smallest absolute Gasteiger partial charge is 0.303 e. The third-order valence-electron chi connectivity index (χ3n) is 2.59. The normalized spacial score (nSPS) is 14.6. The maximum absolute atomic E-state index is 10.4. The Bertz CT molecular complexity index is 446. The lowest BCUT2D eigenvalue weighted by Crippen LogP contribution is -2.12. The van der Waals surface area contributed by atoms with Crippen LogP contribution in [0.3, 0.4) is 0 Å². The molecule has 0 saturated heterocycles. The fourth-order valence-electron chi connectivity index (χ4n) is 1.68. The minimum Gasteiger partial charge on any atom is -0.507 e. The van der Waals surface area contributed by atoms with Crippen molar-refractivity contribution in [3.05, 3.63) is 17.7 Å². The highest BCUT2D eigenvalue weighted by atomic mass is 16.7. The van der Waals surface area contributed by atoms with Gasteiger partial charge in [-0.25, -0.2) is 0 Å². The van der Waals surface area contributed by atoms with Gasteiger partial charge in [0.15, 0.2) is 11.5 Å². The summed E-state index contributed by atoms with van der Waals surface area (Å²) in [5, 5.41) is 18.3. The van der Waals surface area contributed by atoms with Crippen molar-refractivity contribution in [1.29, 1.82) is 0 Å². The van der Waals surface area contributed by atoms with Gasteiger partial charge in [-0.1, -0.05) is 0 Å². The van der Waals surface area contributed by atoms with Gasteiger partial charge in [-0.2, -0.15) is 0 Å². The van der Waals surface area contributed by atoms with E-state index >= 15 is 0 Å². The zero-order valence-corrected chi connectivity index (χ0v) is 9.05. The number of rotatable bonds is 4. The van der Waals surface area contributed by atoms with E-state index in [0.717, 1.165) is 0 Å². The van der Waals surface area contributed by atoms with Crippen LogP contribution >= 0.6 is 0 Å². The van der Waals surface area contributed by atoms with Gasteiger partial charge in [0.25, 0.3) is 0 Å². The van der Waals surface area contributed by atoms with Crippen molar-refractivity contribution in [3.8, 4) is 17.2 Å². The number of carbonyl (C=O) groups is 1. The van der Waals surface area contributed by atoms with Crippen LogP contribution in [0.25, 0.3) is 0 Å². The maximum Gasteiger partial charge on any atom is 0.303 e. The lowest BCUT2D eigenvalue weighted by Gasteiger charge is -2.13. The van der Waals surface area contributed by atoms with Gasteiger partial charge in [-0.15, -0.1) is 0 Å². The highest BCUT2D eigenvalue weighted by molar-refractivity contribution is 5.66. The number of benzene rings is 1. The van der Waals surface area contributed by atoms with Gasteiger partial charge in [0, 0.05) is 24.1 Å². The number of fused-ring (bicyclic) bond motifs is 1. The molecule has 1 aromatic rings. The lowest BCUT2D eigenvalue weighted by molar-refractivity contribution is -0.137. The van der Waals surface area contributed by atoms with Crippen LogP contribution in [0.5, 0.6) is 17.2 Å². The Morgan fingerprint density at radius 2 is 2.06 bits per heavy atom. The Morgan fingerprint density at radius 3 is 2.71 bits per heavy atom. The highest BCUT2D eigenvalue weighted by Crippen LogP contribution is 2.39. The molecule has 1 heterocycles. The summed E-state index contributed by atoms with van der Waals surface area (Å²) in [6.45, 7) is 0.114. The highest BCUT2D eigenvalue weighted by Gasteiger charge is 2.20. The molecule has 0 aliphatic carbocycles. The van der Waals surface area contributed by atoms with E-state index in [0.29, 0.717) is 17.1 Å². The second-order valence-corrected chi connectivity index (χ2v) is 3.80. The van der Waals surface area contributed by atoms with E-state index in [9.17, 15) is 9.90 Å². The van der Waals surface area contributed by atoms with Gasteiger partial charge in [0.05, 0.1) is 0 Å². The molecule has 1 aliphatic rings. The van der Waals surface area contributed by atoms with Crippen LogP contribution in [-0.4, -0.2) is 23.0 Å². The maximum atomic E-state index is 10.4. The van der Waals surface area contributed by atoms with Crippen molar-refractivity contribution in [2.24, 2.45) is 5.73 Å². The summed E-state index contributed by atoms with van der Waals surface area (Å²) in [5.41, 5.74) is 6.29. The Morgan fingerprint density at radius 1 is 1.41 bits per heavy atom. The first kappa shape index (κ1) is 11.5. The number of carboxylic acid groups (broad SMARTS) is 1. The van der Waals surface area contributed by atoms with Gasteiger partial charge in [-0.05, 0) is 12.5 Å². The number of carboxylic acids is 1. The molecule has 17 heavy (non-hydrogen) atoms. The average Bonchev–Trinajstić information content (AvgIpc) is 2.71. The van der Waals surface area contributed by atoms with Gasteiger partial charge < -0.3 is 25.4 Å². The van der Waals surface area contributed by atoms with Crippen LogP contribution < -0.4 is 15.2 Å². The molecule has 4 N–H and O–H groups in total. The quantitative estimate of drug-likeness (QED) is 0.724. The SMILES string of the molecule is NC(CCC(=O)O)c1cc2c(cc1O)OCO2. The Balaban J connectivity index is 2.17. The molecule has 0 fully saturated rings. The van der Waals surface area contributed by atoms with E-state index in [1.807, 2.05) is 0 Å². The summed E-state index contributed by atoms with van der Waals surface area (Å²) in [5.74, 6) is 0.0630. The van der Waals surface area contributed by atoms with Gasteiger partial charge in [0.1, 0.15) is 5.75 Å². The van der Waals surface area contributed by atoms with E-state index in [1.54, 1.807) is 6.07 Å². The number of nitrogens with two attached hydrogens (primary N) is 1. The Hall–Kier alpha value is -1.95. The number of hydrogen-bond donors (Lipinski definition) is 3. The van der Waals surface area contributed by atoms with E-state index in [-0.39, 0.29) is 25.4 Å². The topological polar surface area (TPSA) is 102 Å². The van der Waals surface area contributed by atoms with Crippen molar-refractivity contribution < 1.29 is 24.5 Å². The molecule has 1 unspecified atom stereocenters. The molecular weight excluding hydrogens is 226 g/mol. The van der Waals surface area contributed by atoms with Crippen LogP contribution in [0, 0.1) is 0 Å². The number of aliphatic carboxylic acids is 1. The molecule has 0 aromatic heterocycles. The van der Waals surface area contributed by atoms with Crippen LogP contribution in [-0.2, 0) is 4.79 Å². The molecule has 6 nitrogen and oxygen atoms in total. The second-order valence-electron chi connectivity index (χ2n) is 3.80. The molecule has 1 aromatic carbocycles. The average molecular weight is 239 g/mol. The monoisotopic (exact) mass is 239 g/mol. The van der Waals surface area contributed by atoms with Crippen molar-refractivity contribution >= 4 is 5.97 Å². The number of phenols is 1. The minimum atomic E-state index is -0.916. The Labute approximate surface area is 97.6 Å². The molecule has 0 spiro atoms. The third kappa shape index (κ3) is 2.42. The van der Waals surface area contributed by atoms with Gasteiger partial charge in [0.2, 0.25) is 6.79 Å². The van der Waals surface area contributed by atoms with Crippen LogP contribution in [0.2, 0.25) is 0 Å². The van der Waals surface area contributed by atoms with Gasteiger partial charge >= 0.3 is 5.97 Å². The largest absolute Gasteiger partial charge is 0.507 e. The van der Waals surface area contributed by atoms with Crippen molar-refractivity contribution in [1.82, 2.24) is 0 Å². The molecule has 2 rings (SSSR count). The number of ether oxygens (including phenoxy) is 2. The summed E-state index contributed by atoms with van der Waals surface area (Å²) in [6, 6.07) is 2.48. The first-order valence-electron chi connectivity index (χ1n) is 5.18. The summed E-state index contributed by atoms with van der Waals surface area (Å²) in [4.78, 5) is 10.4. The summed E-state index contributed by atoms with van der Waals surface area (Å²) < 4.78 is 10.3. The fraction of sp³-hybridized carbons (Fsp3) is 0.364. The first-order chi connectivity index (χ1) is 8.08. The van der Waals surface area contributed by atoms with Crippen molar-refractivity contribution in [2.45, 2.75) is 18.9 Å². The fourth-order valence-corrected chi connectivity index (χ4v) is 1.68. The molecule has 6 heteroatoms. The number of hydrogen-bond acceptors (Lipinski definition) is 5. The number of phenolic OH excluding ortho intramolecular Hbond substituents is 1. The molecule has 0 saturated carbocycles. The van der Waals surface area contributed by atoms with Crippen LogP contribution in [0.4, 0.5) is 0 Å². The molecular formula is C11H13NO5. The Kier molecular flexibility index (Phi) is 3.06. The van der Waals surface area contributed by atoms with Gasteiger partial charge in [-0.3, -0.25) is 4.79 Å². The summed E-state index contributed by atoms with van der Waals surface area (Å²) >= 11 is 0. The first-order valence-corrected chi connectivity index (χ1v) is 5.18. The predicted molar refractivity (Wildman–Crippen MR) is 58.0 cm³/mol. The van der Waals surface area contributed by atoms with Crippen molar-refractivity contribution in [2.75, 3.05) is 6.79 Å². The van der Waals surface area contributed by atoms with Crippen LogP contribution in [0.1, 0.15) is 24.4 Å². The molecule has 0 radical (unpaired) electrons. The molecule has 0 bridgehead atoms. The minimum absolute atomic E-state index is 0.00728. The molecule has 1 atom stereocenters. The standard InChI is InChI=1S/C11H13NO5/c12-7(1-2-11(14)15)6-3-9-10(4-8(6)13)17-5-16-9/h3-4,7,13H,1-2,5,12H2,(H,14,15). The van der Waals surface area contributed by atoms with E-state index in [2.05, 4.69) is 0 Å². The molecule has 0 amide bonds. The summed E-state index contributed by atoms with van der Waals surface area (Å²) in [6.07, 6.45) is 0.206. The lowest BCUT2D eigenvalue weighted by atomic mass is 10.0. The zero-order valence-electron chi connectivity index (χ0n) is 9.05. The number of aromatic hydroxyl groups is 1. The van der Waals surface area contributed by atoms with Crippen LogP contribution in [0.15, 0.2) is 12.1 Å². The van der Waals surface area contributed by atoms with E-state index < -0.39 is 12.0 Å². The zero-order chi connectivity index (χ0) is 12.4. The third-order valence-corrected chi connectivity index (χ3v) is 2.59. The van der Waals surface area contributed by atoms with Crippen molar-refractivity contribution in [3.63, 3.8) is 0 Å². The second kappa shape index (κ2) is 4.50. The molecule has 1 aliphatic heterocycles. The molecule has 92 valence electrons. The van der Waals surface area contributed by atoms with E-state index in [4.69, 9.17) is 20.3 Å². The summed E-state index contributed by atoms with van der Waals surface area (Å²) in [7, 11) is 0. The predicted octanol–water partition coefficient (Wildman–Crippen LogP) is 0.985. The van der Waals surface area contributed by atoms with E-state index in [1.165, 1.54) is 6.07 Å².